The molecule has 6 nitrogen and oxygen atoms in total. The fourth-order valence-electron chi connectivity index (χ4n) is 1.23. The highest BCUT2D eigenvalue weighted by molar-refractivity contribution is 5.80. The summed E-state index contributed by atoms with van der Waals surface area (Å²) in [6.45, 7) is 0.767. The van der Waals surface area contributed by atoms with Crippen LogP contribution in [-0.4, -0.2) is 47.7 Å². The summed E-state index contributed by atoms with van der Waals surface area (Å²) in [4.78, 5) is 22.8. The first-order valence-electron chi connectivity index (χ1n) is 4.09. The summed E-state index contributed by atoms with van der Waals surface area (Å²) in [5, 5.41) is 10.6. The van der Waals surface area contributed by atoms with Gasteiger partial charge in [-0.1, -0.05) is 0 Å². The molecule has 1 unspecified atom stereocenters. The van der Waals surface area contributed by atoms with Gasteiger partial charge in [-0.3, -0.25) is 4.79 Å². The van der Waals surface area contributed by atoms with E-state index in [9.17, 15) is 9.59 Å². The number of nitrogens with one attached hydrogen (secondary N) is 1. The van der Waals surface area contributed by atoms with Gasteiger partial charge in [0.2, 0.25) is 0 Å². The predicted octanol–water partition coefficient (Wildman–Crippen LogP) is -1.19. The number of likely N-dealkylation sites (tertiary alicyclic amines) is 1. The molecule has 1 heterocycles. The summed E-state index contributed by atoms with van der Waals surface area (Å²) in [7, 11) is 0. The number of aliphatic carboxylic acids is 1. The second-order valence-electron chi connectivity index (χ2n) is 3.05. The van der Waals surface area contributed by atoms with Crippen molar-refractivity contribution < 1.29 is 14.7 Å². The van der Waals surface area contributed by atoms with Crippen LogP contribution < -0.4 is 11.1 Å². The van der Waals surface area contributed by atoms with Gasteiger partial charge in [-0.15, -0.1) is 0 Å². The lowest BCUT2D eigenvalue weighted by Crippen LogP contribution is -2.41. The Labute approximate surface area is 75.7 Å². The molecule has 0 aliphatic carbocycles. The second-order valence-corrected chi connectivity index (χ2v) is 3.05. The van der Waals surface area contributed by atoms with Crippen LogP contribution in [0.5, 0.6) is 0 Å². The maximum Gasteiger partial charge on any atom is 0.323 e. The average molecular weight is 187 g/mol. The van der Waals surface area contributed by atoms with Gasteiger partial charge in [-0.05, 0) is 6.42 Å². The number of nitrogens with two attached hydrogens (primary N) is 1. The topological polar surface area (TPSA) is 95.7 Å². The third-order valence-corrected chi connectivity index (χ3v) is 1.90. The van der Waals surface area contributed by atoms with E-state index in [0.717, 1.165) is 6.42 Å². The van der Waals surface area contributed by atoms with Gasteiger partial charge in [0.05, 0.1) is 0 Å². The van der Waals surface area contributed by atoms with E-state index < -0.39 is 5.97 Å². The summed E-state index contributed by atoms with van der Waals surface area (Å²) in [5.41, 5.74) is 5.58. The molecule has 74 valence electrons. The third kappa shape index (κ3) is 2.90. The summed E-state index contributed by atoms with van der Waals surface area (Å²) < 4.78 is 0. The first-order valence-corrected chi connectivity index (χ1v) is 4.09. The molecule has 0 spiro atoms. The number of amides is 2. The Hall–Kier alpha value is -1.30. The summed E-state index contributed by atoms with van der Waals surface area (Å²) in [6, 6.07) is -0.328. The van der Waals surface area contributed by atoms with E-state index in [2.05, 4.69) is 5.32 Å². The molecule has 1 fully saturated rings. The zero-order valence-corrected chi connectivity index (χ0v) is 7.19. The molecule has 6 heteroatoms. The largest absolute Gasteiger partial charge is 0.480 e. The molecule has 2 amide bonds. The zero-order valence-electron chi connectivity index (χ0n) is 7.19. The third-order valence-electron chi connectivity index (χ3n) is 1.90. The molecule has 13 heavy (non-hydrogen) atoms. The molecule has 1 atom stereocenters. The highest BCUT2D eigenvalue weighted by Gasteiger charge is 2.23. The van der Waals surface area contributed by atoms with Crippen molar-refractivity contribution >= 4 is 12.0 Å². The number of carbonyl (C=O) groups excluding carboxylic acids is 1. The fourth-order valence-corrected chi connectivity index (χ4v) is 1.23. The lowest BCUT2D eigenvalue weighted by molar-refractivity contribution is -0.135. The number of carboxylic acids is 1. The van der Waals surface area contributed by atoms with Crippen LogP contribution in [0.3, 0.4) is 0 Å². The van der Waals surface area contributed by atoms with Crippen LogP contribution >= 0.6 is 0 Å². The molecule has 0 saturated carbocycles. The SMILES string of the molecule is NC1CCN(C(=O)NCC(=O)O)C1. The van der Waals surface area contributed by atoms with Crippen molar-refractivity contribution in [3.63, 3.8) is 0 Å². The number of rotatable bonds is 2. The quantitative estimate of drug-likeness (QED) is 0.506. The van der Waals surface area contributed by atoms with Gasteiger partial charge in [0.15, 0.2) is 0 Å². The minimum atomic E-state index is -1.04. The monoisotopic (exact) mass is 187 g/mol. The molecule has 0 aromatic rings. The molecule has 1 aliphatic rings. The van der Waals surface area contributed by atoms with Crippen molar-refractivity contribution in [3.05, 3.63) is 0 Å². The minimum Gasteiger partial charge on any atom is -0.480 e. The number of nitrogens with zero attached hydrogens (tertiary/aromatic N) is 1. The summed E-state index contributed by atoms with van der Waals surface area (Å²) in [5.74, 6) is -1.04. The maximum atomic E-state index is 11.2. The molecule has 0 radical (unpaired) electrons. The van der Waals surface area contributed by atoms with E-state index in [1.54, 1.807) is 0 Å². The second kappa shape index (κ2) is 4.08. The first kappa shape index (κ1) is 9.79. The van der Waals surface area contributed by atoms with Crippen LogP contribution in [0.1, 0.15) is 6.42 Å². The van der Waals surface area contributed by atoms with Gasteiger partial charge < -0.3 is 21.1 Å². The molecular formula is C7H13N3O3. The Bertz CT molecular complexity index is 219. The van der Waals surface area contributed by atoms with Gasteiger partial charge in [0.1, 0.15) is 6.54 Å². The number of urea groups is 1. The van der Waals surface area contributed by atoms with Crippen LogP contribution in [0.4, 0.5) is 4.79 Å². The van der Waals surface area contributed by atoms with Crippen LogP contribution in [0.2, 0.25) is 0 Å². The molecule has 0 bridgehead atoms. The standard InChI is InChI=1S/C7H13N3O3/c8-5-1-2-10(4-5)7(13)9-3-6(11)12/h5H,1-4,8H2,(H,9,13)(H,11,12). The van der Waals surface area contributed by atoms with Gasteiger partial charge in [0.25, 0.3) is 0 Å². The fraction of sp³-hybridized carbons (Fsp3) is 0.714. The minimum absolute atomic E-state index is 0.0237. The predicted molar refractivity (Wildman–Crippen MR) is 45.2 cm³/mol. The highest BCUT2D eigenvalue weighted by Crippen LogP contribution is 2.05. The van der Waals surface area contributed by atoms with Crippen molar-refractivity contribution in [1.29, 1.82) is 0 Å². The number of hydrogen-bond acceptors (Lipinski definition) is 3. The van der Waals surface area contributed by atoms with E-state index >= 15 is 0 Å². The first-order chi connectivity index (χ1) is 6.09. The Morgan fingerprint density at radius 1 is 1.62 bits per heavy atom. The molecule has 0 aromatic carbocycles. The van der Waals surface area contributed by atoms with Crippen LogP contribution in [0.25, 0.3) is 0 Å². The summed E-state index contributed by atoms with van der Waals surface area (Å²) >= 11 is 0. The Morgan fingerprint density at radius 2 is 2.31 bits per heavy atom. The molecule has 1 aliphatic heterocycles. The number of carboxylic acid groups (broad SMARTS) is 1. The van der Waals surface area contributed by atoms with Gasteiger partial charge in [-0.25, -0.2) is 4.79 Å². The van der Waals surface area contributed by atoms with Gasteiger partial charge in [-0.2, -0.15) is 0 Å². The van der Waals surface area contributed by atoms with Crippen molar-refractivity contribution in [2.24, 2.45) is 5.73 Å². The molecule has 1 rings (SSSR count). The normalized spacial score (nSPS) is 21.6. The van der Waals surface area contributed by atoms with E-state index in [-0.39, 0.29) is 18.6 Å². The van der Waals surface area contributed by atoms with Crippen molar-refractivity contribution in [3.8, 4) is 0 Å². The Morgan fingerprint density at radius 3 is 2.77 bits per heavy atom. The zero-order chi connectivity index (χ0) is 9.84. The van der Waals surface area contributed by atoms with E-state index in [1.807, 2.05) is 0 Å². The molecule has 1 saturated heterocycles. The molecular weight excluding hydrogens is 174 g/mol. The summed E-state index contributed by atoms with van der Waals surface area (Å²) in [6.07, 6.45) is 0.778. The lowest BCUT2D eigenvalue weighted by atomic mass is 10.3. The molecule has 0 aromatic heterocycles. The smallest absolute Gasteiger partial charge is 0.323 e. The van der Waals surface area contributed by atoms with Crippen LogP contribution in [0.15, 0.2) is 0 Å². The molecule has 4 N–H and O–H groups in total. The highest BCUT2D eigenvalue weighted by atomic mass is 16.4. The maximum absolute atomic E-state index is 11.2. The van der Waals surface area contributed by atoms with Crippen molar-refractivity contribution in [1.82, 2.24) is 10.2 Å². The Balaban J connectivity index is 2.27. The van der Waals surface area contributed by atoms with Gasteiger partial charge >= 0.3 is 12.0 Å². The van der Waals surface area contributed by atoms with E-state index in [0.29, 0.717) is 13.1 Å². The van der Waals surface area contributed by atoms with Crippen molar-refractivity contribution in [2.75, 3.05) is 19.6 Å². The Kier molecular flexibility index (Phi) is 3.07. The number of carbonyl (C=O) groups is 2. The van der Waals surface area contributed by atoms with Crippen molar-refractivity contribution in [2.45, 2.75) is 12.5 Å². The lowest BCUT2D eigenvalue weighted by Gasteiger charge is -2.15. The number of hydrogen-bond donors (Lipinski definition) is 3. The van der Waals surface area contributed by atoms with Crippen LogP contribution in [0, 0.1) is 0 Å². The van der Waals surface area contributed by atoms with Crippen LogP contribution in [-0.2, 0) is 4.79 Å². The average Bonchev–Trinajstić information content (AvgIpc) is 2.47. The van der Waals surface area contributed by atoms with E-state index in [4.69, 9.17) is 10.8 Å². The van der Waals surface area contributed by atoms with Gasteiger partial charge in [0, 0.05) is 19.1 Å². The van der Waals surface area contributed by atoms with E-state index in [1.165, 1.54) is 4.90 Å².